The number of aromatic nitrogens is 2. The molecular formula is C12H19N5O3. The normalized spacial score (nSPS) is 22.4. The summed E-state index contributed by atoms with van der Waals surface area (Å²) in [6.07, 6.45) is 4.94. The molecule has 0 atom stereocenters. The highest BCUT2D eigenvalue weighted by Crippen LogP contribution is 2.35. The number of anilines is 1. The first-order chi connectivity index (χ1) is 9.54. The standard InChI is InChI=1S/C12H19N5O3/c1-16(9-5-3-8(13)4-6-9)11-10(17(18)19)12(20-2)15-7-14-11/h7-9H,3-6,13H2,1-2H3. The Hall–Kier alpha value is -1.96. The second-order valence-electron chi connectivity index (χ2n) is 4.99. The fourth-order valence-corrected chi connectivity index (χ4v) is 2.58. The van der Waals surface area contributed by atoms with Gasteiger partial charge >= 0.3 is 5.69 Å². The van der Waals surface area contributed by atoms with E-state index < -0.39 is 4.92 Å². The van der Waals surface area contributed by atoms with Crippen molar-refractivity contribution in [3.63, 3.8) is 0 Å². The fraction of sp³-hybridized carbons (Fsp3) is 0.667. The molecule has 8 nitrogen and oxygen atoms in total. The van der Waals surface area contributed by atoms with Crippen LogP contribution in [0.5, 0.6) is 5.88 Å². The molecule has 1 aromatic heterocycles. The third-order valence-electron chi connectivity index (χ3n) is 3.77. The van der Waals surface area contributed by atoms with Gasteiger partial charge in [0.2, 0.25) is 5.82 Å². The van der Waals surface area contributed by atoms with Gasteiger partial charge in [0.15, 0.2) is 0 Å². The average molecular weight is 281 g/mol. The number of nitro groups is 1. The first-order valence-corrected chi connectivity index (χ1v) is 6.56. The minimum atomic E-state index is -0.501. The fourth-order valence-electron chi connectivity index (χ4n) is 2.58. The number of hydrogen-bond donors (Lipinski definition) is 1. The summed E-state index contributed by atoms with van der Waals surface area (Å²) >= 11 is 0. The molecule has 1 aliphatic carbocycles. The van der Waals surface area contributed by atoms with Gasteiger partial charge in [-0.2, -0.15) is 4.98 Å². The molecule has 0 spiro atoms. The van der Waals surface area contributed by atoms with Gasteiger partial charge in [-0.3, -0.25) is 10.1 Å². The Balaban J connectivity index is 2.29. The van der Waals surface area contributed by atoms with Crippen molar-refractivity contribution in [3.05, 3.63) is 16.4 Å². The summed E-state index contributed by atoms with van der Waals surface area (Å²) in [5.74, 6) is 0.279. The zero-order valence-corrected chi connectivity index (χ0v) is 11.7. The lowest BCUT2D eigenvalue weighted by atomic mass is 9.91. The van der Waals surface area contributed by atoms with Crippen LogP contribution in [0.15, 0.2) is 6.33 Å². The Morgan fingerprint density at radius 3 is 2.60 bits per heavy atom. The predicted octanol–water partition coefficient (Wildman–Crippen LogP) is 1.10. The quantitative estimate of drug-likeness (QED) is 0.650. The van der Waals surface area contributed by atoms with Crippen molar-refractivity contribution in [2.24, 2.45) is 5.73 Å². The highest BCUT2D eigenvalue weighted by molar-refractivity contribution is 5.62. The summed E-state index contributed by atoms with van der Waals surface area (Å²) in [5.41, 5.74) is 5.70. The van der Waals surface area contributed by atoms with Gasteiger partial charge in [-0.1, -0.05) is 0 Å². The van der Waals surface area contributed by atoms with Crippen LogP contribution in [-0.2, 0) is 0 Å². The molecule has 0 aliphatic heterocycles. The summed E-state index contributed by atoms with van der Waals surface area (Å²) in [6.45, 7) is 0. The van der Waals surface area contributed by atoms with Crippen molar-refractivity contribution in [2.45, 2.75) is 37.8 Å². The first kappa shape index (κ1) is 14.4. The van der Waals surface area contributed by atoms with Gasteiger partial charge in [0.1, 0.15) is 6.33 Å². The van der Waals surface area contributed by atoms with E-state index in [1.165, 1.54) is 13.4 Å². The smallest absolute Gasteiger partial charge is 0.372 e. The van der Waals surface area contributed by atoms with Crippen molar-refractivity contribution < 1.29 is 9.66 Å². The number of ether oxygens (including phenoxy) is 1. The third kappa shape index (κ3) is 2.79. The lowest BCUT2D eigenvalue weighted by Gasteiger charge is -2.33. The second kappa shape index (κ2) is 6.00. The van der Waals surface area contributed by atoms with Crippen molar-refractivity contribution >= 4 is 11.5 Å². The minimum absolute atomic E-state index is 0.0145. The summed E-state index contributed by atoms with van der Waals surface area (Å²) in [6, 6.07) is 0.433. The van der Waals surface area contributed by atoms with Gasteiger partial charge < -0.3 is 15.4 Å². The number of nitrogens with two attached hydrogens (primary N) is 1. The molecule has 2 N–H and O–H groups in total. The maximum Gasteiger partial charge on any atom is 0.372 e. The van der Waals surface area contributed by atoms with E-state index >= 15 is 0 Å². The van der Waals surface area contributed by atoms with Gasteiger partial charge in [-0.05, 0) is 25.7 Å². The van der Waals surface area contributed by atoms with E-state index in [4.69, 9.17) is 10.5 Å². The molecule has 1 aliphatic rings. The van der Waals surface area contributed by atoms with E-state index in [2.05, 4.69) is 9.97 Å². The molecular weight excluding hydrogens is 262 g/mol. The highest BCUT2D eigenvalue weighted by atomic mass is 16.6. The van der Waals surface area contributed by atoms with E-state index in [0.29, 0.717) is 5.82 Å². The molecule has 2 rings (SSSR count). The average Bonchev–Trinajstić information content (AvgIpc) is 2.46. The Morgan fingerprint density at radius 1 is 1.40 bits per heavy atom. The van der Waals surface area contributed by atoms with Crippen molar-refractivity contribution in [1.29, 1.82) is 0 Å². The largest absolute Gasteiger partial charge is 0.476 e. The molecule has 1 aromatic rings. The van der Waals surface area contributed by atoms with E-state index in [-0.39, 0.29) is 23.7 Å². The van der Waals surface area contributed by atoms with Crippen LogP contribution >= 0.6 is 0 Å². The molecule has 8 heteroatoms. The van der Waals surface area contributed by atoms with Gasteiger partial charge in [0, 0.05) is 19.1 Å². The molecule has 0 radical (unpaired) electrons. The van der Waals surface area contributed by atoms with Gasteiger partial charge in [0.05, 0.1) is 12.0 Å². The summed E-state index contributed by atoms with van der Waals surface area (Å²) in [7, 11) is 3.18. The first-order valence-electron chi connectivity index (χ1n) is 6.56. The van der Waals surface area contributed by atoms with Gasteiger partial charge in [0.25, 0.3) is 5.88 Å². The van der Waals surface area contributed by atoms with Gasteiger partial charge in [-0.15, -0.1) is 0 Å². The topological polar surface area (TPSA) is 107 Å². The molecule has 0 saturated heterocycles. The molecule has 20 heavy (non-hydrogen) atoms. The maximum atomic E-state index is 11.2. The lowest BCUT2D eigenvalue weighted by molar-refractivity contribution is -0.385. The van der Waals surface area contributed by atoms with E-state index in [0.717, 1.165) is 25.7 Å². The number of rotatable bonds is 4. The zero-order valence-electron chi connectivity index (χ0n) is 11.7. The lowest BCUT2D eigenvalue weighted by Crippen LogP contribution is -2.39. The van der Waals surface area contributed by atoms with Crippen LogP contribution in [0.3, 0.4) is 0 Å². The monoisotopic (exact) mass is 281 g/mol. The molecule has 0 amide bonds. The van der Waals surface area contributed by atoms with Crippen molar-refractivity contribution in [1.82, 2.24) is 9.97 Å². The Morgan fingerprint density at radius 2 is 2.05 bits per heavy atom. The summed E-state index contributed by atoms with van der Waals surface area (Å²) in [5, 5.41) is 11.2. The van der Waals surface area contributed by atoms with Crippen LogP contribution in [0.1, 0.15) is 25.7 Å². The van der Waals surface area contributed by atoms with Crippen LogP contribution in [0.25, 0.3) is 0 Å². The molecule has 1 saturated carbocycles. The maximum absolute atomic E-state index is 11.2. The summed E-state index contributed by atoms with van der Waals surface area (Å²) < 4.78 is 4.96. The minimum Gasteiger partial charge on any atom is -0.476 e. The molecule has 0 aromatic carbocycles. The SMILES string of the molecule is COc1ncnc(N(C)C2CCC(N)CC2)c1[N+](=O)[O-]. The van der Waals surface area contributed by atoms with E-state index in [1.54, 1.807) is 0 Å². The Labute approximate surface area is 117 Å². The van der Waals surface area contributed by atoms with Gasteiger partial charge in [-0.25, -0.2) is 4.98 Å². The summed E-state index contributed by atoms with van der Waals surface area (Å²) in [4.78, 5) is 20.4. The Bertz CT molecular complexity index is 488. The third-order valence-corrected chi connectivity index (χ3v) is 3.77. The van der Waals surface area contributed by atoms with Crippen molar-refractivity contribution in [2.75, 3.05) is 19.1 Å². The zero-order chi connectivity index (χ0) is 14.7. The number of nitrogens with zero attached hydrogens (tertiary/aromatic N) is 4. The van der Waals surface area contributed by atoms with Crippen LogP contribution in [0.2, 0.25) is 0 Å². The van der Waals surface area contributed by atoms with Crippen LogP contribution in [-0.4, -0.2) is 41.1 Å². The highest BCUT2D eigenvalue weighted by Gasteiger charge is 2.31. The van der Waals surface area contributed by atoms with Crippen LogP contribution < -0.4 is 15.4 Å². The van der Waals surface area contributed by atoms with Crippen LogP contribution in [0, 0.1) is 10.1 Å². The van der Waals surface area contributed by atoms with Crippen molar-refractivity contribution in [3.8, 4) is 5.88 Å². The molecule has 1 heterocycles. The number of methoxy groups -OCH3 is 1. The van der Waals surface area contributed by atoms with E-state index in [1.807, 2.05) is 11.9 Å². The van der Waals surface area contributed by atoms with E-state index in [9.17, 15) is 10.1 Å². The second-order valence-corrected chi connectivity index (χ2v) is 4.99. The molecule has 1 fully saturated rings. The predicted molar refractivity (Wildman–Crippen MR) is 73.9 cm³/mol. The number of hydrogen-bond acceptors (Lipinski definition) is 7. The molecule has 110 valence electrons. The molecule has 0 unspecified atom stereocenters. The Kier molecular flexibility index (Phi) is 4.33. The van der Waals surface area contributed by atoms with Crippen LogP contribution in [0.4, 0.5) is 11.5 Å². The molecule has 0 bridgehead atoms.